The van der Waals surface area contributed by atoms with E-state index in [9.17, 15) is 9.18 Å². The lowest BCUT2D eigenvalue weighted by atomic mass is 10.0. The lowest BCUT2D eigenvalue weighted by molar-refractivity contribution is -0.125. The van der Waals surface area contributed by atoms with E-state index in [1.807, 2.05) is 32.0 Å². The minimum atomic E-state index is -0.672. The molecule has 0 saturated carbocycles. The molecule has 0 radical (unpaired) electrons. The van der Waals surface area contributed by atoms with Crippen molar-refractivity contribution < 1.29 is 14.0 Å². The first-order valence-corrected chi connectivity index (χ1v) is 7.40. The fraction of sp³-hybridized carbons (Fsp3) is 0.222. The number of nitrogens with one attached hydrogen (secondary N) is 1. The molecular weight excluding hydrogens is 295 g/mol. The van der Waals surface area contributed by atoms with Gasteiger partial charge >= 0.3 is 0 Å². The minimum absolute atomic E-state index is 0.233. The fourth-order valence-electron chi connectivity index (χ4n) is 2.55. The molecule has 0 saturated heterocycles. The van der Waals surface area contributed by atoms with E-state index >= 15 is 0 Å². The van der Waals surface area contributed by atoms with Gasteiger partial charge in [-0.05, 0) is 42.7 Å². The molecule has 4 nitrogen and oxygen atoms in total. The third-order valence-corrected chi connectivity index (χ3v) is 3.87. The van der Waals surface area contributed by atoms with Crippen LogP contribution >= 0.6 is 0 Å². The van der Waals surface area contributed by atoms with Crippen LogP contribution in [0.5, 0.6) is 0 Å². The predicted molar refractivity (Wildman–Crippen MR) is 87.0 cm³/mol. The second kappa shape index (κ2) is 6.20. The summed E-state index contributed by atoms with van der Waals surface area (Å²) >= 11 is 0. The average molecular weight is 312 g/mol. The Hall–Kier alpha value is -2.69. The number of benzene rings is 2. The third-order valence-electron chi connectivity index (χ3n) is 3.87. The van der Waals surface area contributed by atoms with Crippen LogP contribution in [0.2, 0.25) is 0 Å². The maximum atomic E-state index is 13.0. The monoisotopic (exact) mass is 312 g/mol. The predicted octanol–water partition coefficient (Wildman–Crippen LogP) is 3.57. The zero-order valence-corrected chi connectivity index (χ0v) is 13.0. The normalized spacial score (nSPS) is 16.7. The first-order chi connectivity index (χ1) is 11.0. The van der Waals surface area contributed by atoms with Crippen LogP contribution in [-0.4, -0.2) is 17.7 Å². The number of carbonyl (C=O) groups excluding carboxylic acids is 1. The van der Waals surface area contributed by atoms with Crippen LogP contribution < -0.4 is 5.32 Å². The molecule has 0 bridgehead atoms. The van der Waals surface area contributed by atoms with Gasteiger partial charge in [-0.25, -0.2) is 4.39 Å². The van der Waals surface area contributed by atoms with Gasteiger partial charge in [-0.15, -0.1) is 0 Å². The Morgan fingerprint density at radius 3 is 2.48 bits per heavy atom. The SMILES string of the molecule is Cc1cccc(C)c1NC(=O)C1CC(c2ccc(F)cc2)=NO1. The van der Waals surface area contributed by atoms with Crippen molar-refractivity contribution in [1.29, 1.82) is 0 Å². The summed E-state index contributed by atoms with van der Waals surface area (Å²) in [7, 11) is 0. The van der Waals surface area contributed by atoms with E-state index in [-0.39, 0.29) is 11.7 Å². The largest absolute Gasteiger partial charge is 0.382 e. The molecule has 1 aliphatic heterocycles. The molecule has 1 heterocycles. The number of carbonyl (C=O) groups is 1. The van der Waals surface area contributed by atoms with Gasteiger partial charge in [0.2, 0.25) is 6.10 Å². The molecule has 0 aliphatic carbocycles. The van der Waals surface area contributed by atoms with Crippen molar-refractivity contribution in [1.82, 2.24) is 0 Å². The Morgan fingerprint density at radius 2 is 1.83 bits per heavy atom. The summed E-state index contributed by atoms with van der Waals surface area (Å²) in [4.78, 5) is 17.6. The van der Waals surface area contributed by atoms with Gasteiger partial charge in [0.05, 0.1) is 5.71 Å². The summed E-state index contributed by atoms with van der Waals surface area (Å²) in [6.45, 7) is 3.89. The number of para-hydroxylation sites is 1. The van der Waals surface area contributed by atoms with Crippen molar-refractivity contribution in [3.05, 3.63) is 65.0 Å². The quantitative estimate of drug-likeness (QED) is 0.942. The Bertz CT molecular complexity index is 749. The van der Waals surface area contributed by atoms with Gasteiger partial charge in [-0.2, -0.15) is 0 Å². The first kappa shape index (κ1) is 15.2. The molecule has 3 rings (SSSR count). The molecule has 2 aromatic rings. The van der Waals surface area contributed by atoms with Crippen molar-refractivity contribution in [3.8, 4) is 0 Å². The molecule has 1 atom stereocenters. The second-order valence-corrected chi connectivity index (χ2v) is 5.60. The van der Waals surface area contributed by atoms with Gasteiger partial charge in [0.1, 0.15) is 5.82 Å². The third kappa shape index (κ3) is 3.23. The zero-order valence-electron chi connectivity index (χ0n) is 13.0. The summed E-state index contributed by atoms with van der Waals surface area (Å²) in [5.74, 6) is -0.541. The van der Waals surface area contributed by atoms with Gasteiger partial charge in [0.15, 0.2) is 0 Å². The lowest BCUT2D eigenvalue weighted by Crippen LogP contribution is -2.28. The van der Waals surface area contributed by atoms with E-state index < -0.39 is 6.10 Å². The van der Waals surface area contributed by atoms with Crippen LogP contribution in [0.1, 0.15) is 23.1 Å². The van der Waals surface area contributed by atoms with E-state index in [1.165, 1.54) is 12.1 Å². The van der Waals surface area contributed by atoms with Crippen LogP contribution in [0.15, 0.2) is 47.6 Å². The first-order valence-electron chi connectivity index (χ1n) is 7.40. The van der Waals surface area contributed by atoms with E-state index in [2.05, 4.69) is 10.5 Å². The minimum Gasteiger partial charge on any atom is -0.382 e. The Kier molecular flexibility index (Phi) is 4.10. The molecule has 5 heteroatoms. The number of anilines is 1. The van der Waals surface area contributed by atoms with Crippen molar-refractivity contribution >= 4 is 17.3 Å². The lowest BCUT2D eigenvalue weighted by Gasteiger charge is -2.13. The molecule has 1 amide bonds. The highest BCUT2D eigenvalue weighted by Crippen LogP contribution is 2.22. The molecule has 0 fully saturated rings. The number of hydrogen-bond donors (Lipinski definition) is 1. The standard InChI is InChI=1S/C18H17FN2O2/c1-11-4-3-5-12(2)17(11)20-18(22)16-10-15(21-23-16)13-6-8-14(19)9-7-13/h3-9,16H,10H2,1-2H3,(H,20,22). The number of halogens is 1. The number of aryl methyl sites for hydroxylation is 2. The highest BCUT2D eigenvalue weighted by atomic mass is 19.1. The van der Waals surface area contributed by atoms with Crippen LogP contribution in [0.4, 0.5) is 10.1 Å². The molecular formula is C18H17FN2O2. The molecule has 1 aliphatic rings. The summed E-state index contributed by atoms with van der Waals surface area (Å²) in [6.07, 6.45) is -0.309. The number of hydrogen-bond acceptors (Lipinski definition) is 3. The maximum absolute atomic E-state index is 13.0. The van der Waals surface area contributed by atoms with Crippen LogP contribution in [0, 0.1) is 19.7 Å². The van der Waals surface area contributed by atoms with Crippen molar-refractivity contribution in [2.75, 3.05) is 5.32 Å². The van der Waals surface area contributed by atoms with Crippen LogP contribution in [0.3, 0.4) is 0 Å². The number of nitrogens with zero attached hydrogens (tertiary/aromatic N) is 1. The molecule has 0 aromatic heterocycles. The second-order valence-electron chi connectivity index (χ2n) is 5.60. The van der Waals surface area contributed by atoms with Crippen molar-refractivity contribution in [2.24, 2.45) is 5.16 Å². The topological polar surface area (TPSA) is 50.7 Å². The maximum Gasteiger partial charge on any atom is 0.268 e. The number of oxime groups is 1. The molecule has 1 unspecified atom stereocenters. The number of amides is 1. The molecule has 23 heavy (non-hydrogen) atoms. The van der Waals surface area contributed by atoms with Gasteiger partial charge in [-0.3, -0.25) is 4.79 Å². The Labute approximate surface area is 134 Å². The van der Waals surface area contributed by atoms with Gasteiger partial charge in [0, 0.05) is 12.1 Å². The van der Waals surface area contributed by atoms with Crippen LogP contribution in [-0.2, 0) is 9.63 Å². The molecule has 118 valence electrons. The molecule has 1 N–H and O–H groups in total. The van der Waals surface area contributed by atoms with Gasteiger partial charge < -0.3 is 10.2 Å². The Balaban J connectivity index is 1.68. The van der Waals surface area contributed by atoms with E-state index in [4.69, 9.17) is 4.84 Å². The van der Waals surface area contributed by atoms with E-state index in [0.29, 0.717) is 12.1 Å². The highest BCUT2D eigenvalue weighted by molar-refractivity contribution is 6.06. The van der Waals surface area contributed by atoms with Gasteiger partial charge in [0.25, 0.3) is 5.91 Å². The molecule has 0 spiro atoms. The number of rotatable bonds is 3. The van der Waals surface area contributed by atoms with Crippen molar-refractivity contribution in [3.63, 3.8) is 0 Å². The summed E-state index contributed by atoms with van der Waals surface area (Å²) in [6, 6.07) is 11.8. The highest BCUT2D eigenvalue weighted by Gasteiger charge is 2.29. The summed E-state index contributed by atoms with van der Waals surface area (Å²) in [5, 5.41) is 6.86. The zero-order chi connectivity index (χ0) is 16.4. The van der Waals surface area contributed by atoms with E-state index in [0.717, 1.165) is 22.4 Å². The fourth-order valence-corrected chi connectivity index (χ4v) is 2.55. The van der Waals surface area contributed by atoms with Crippen LogP contribution in [0.25, 0.3) is 0 Å². The van der Waals surface area contributed by atoms with Gasteiger partial charge in [-0.1, -0.05) is 35.5 Å². The molecule has 2 aromatic carbocycles. The summed E-state index contributed by atoms with van der Waals surface area (Å²) < 4.78 is 13.0. The van der Waals surface area contributed by atoms with Crippen molar-refractivity contribution in [2.45, 2.75) is 26.4 Å². The average Bonchev–Trinajstić information content (AvgIpc) is 3.02. The summed E-state index contributed by atoms with van der Waals surface area (Å²) in [5.41, 5.74) is 4.20. The Morgan fingerprint density at radius 1 is 1.17 bits per heavy atom. The van der Waals surface area contributed by atoms with E-state index in [1.54, 1.807) is 12.1 Å². The smallest absolute Gasteiger partial charge is 0.268 e.